The maximum Gasteiger partial charge on any atom is 0.274 e. The first kappa shape index (κ1) is 13.5. The molecule has 0 radical (unpaired) electrons. The van der Waals surface area contributed by atoms with Gasteiger partial charge in [0.25, 0.3) is 5.91 Å². The van der Waals surface area contributed by atoms with E-state index < -0.39 is 6.10 Å². The summed E-state index contributed by atoms with van der Waals surface area (Å²) in [5.41, 5.74) is 6.54. The Balaban J connectivity index is 2.77. The summed E-state index contributed by atoms with van der Waals surface area (Å²) in [4.78, 5) is 13.7. The molecule has 1 aromatic rings. The van der Waals surface area contributed by atoms with Crippen molar-refractivity contribution in [2.45, 2.75) is 32.9 Å². The first-order valence-electron chi connectivity index (χ1n) is 5.72. The fourth-order valence-electron chi connectivity index (χ4n) is 1.54. The summed E-state index contributed by atoms with van der Waals surface area (Å²) >= 11 is 0. The number of aliphatic hydroxyl groups excluding tert-OH is 1. The summed E-state index contributed by atoms with van der Waals surface area (Å²) in [5, 5.41) is 13.2. The minimum absolute atomic E-state index is 0.164. The molecule has 1 unspecified atom stereocenters. The van der Waals surface area contributed by atoms with Gasteiger partial charge in [-0.3, -0.25) is 9.48 Å². The van der Waals surface area contributed by atoms with E-state index in [1.807, 2.05) is 6.92 Å². The van der Waals surface area contributed by atoms with Gasteiger partial charge in [0, 0.05) is 20.1 Å². The van der Waals surface area contributed by atoms with Crippen LogP contribution in [0.15, 0.2) is 6.20 Å². The van der Waals surface area contributed by atoms with Crippen LogP contribution < -0.4 is 5.73 Å². The largest absolute Gasteiger partial charge is 0.396 e. The number of aliphatic hydroxyl groups is 1. The van der Waals surface area contributed by atoms with Crippen molar-refractivity contribution in [2.75, 3.05) is 19.3 Å². The maximum absolute atomic E-state index is 12.1. The quantitative estimate of drug-likeness (QED) is 0.776. The Kier molecular flexibility index (Phi) is 4.51. The number of hydrogen-bond acceptors (Lipinski definition) is 4. The Bertz CT molecular complexity index is 387. The lowest BCUT2D eigenvalue weighted by molar-refractivity contribution is 0.0758. The zero-order chi connectivity index (χ0) is 13.0. The van der Waals surface area contributed by atoms with Gasteiger partial charge in [-0.15, -0.1) is 0 Å². The van der Waals surface area contributed by atoms with Crippen LogP contribution in [-0.4, -0.2) is 45.4 Å². The smallest absolute Gasteiger partial charge is 0.274 e. The molecule has 0 spiro atoms. The summed E-state index contributed by atoms with van der Waals surface area (Å²) < 4.78 is 1.58. The van der Waals surface area contributed by atoms with Crippen molar-refractivity contribution < 1.29 is 9.90 Å². The molecule has 0 aromatic carbocycles. The SMILES string of the molecule is CCn1ncc(N)c1C(=O)N(C)CCC(C)O. The number of carbonyl (C=O) groups is 1. The van der Waals surface area contributed by atoms with Crippen molar-refractivity contribution in [3.8, 4) is 0 Å². The molecule has 0 saturated heterocycles. The lowest BCUT2D eigenvalue weighted by Crippen LogP contribution is -2.31. The van der Waals surface area contributed by atoms with E-state index in [0.29, 0.717) is 30.9 Å². The van der Waals surface area contributed by atoms with E-state index in [-0.39, 0.29) is 5.91 Å². The summed E-state index contributed by atoms with van der Waals surface area (Å²) in [6.45, 7) is 4.69. The van der Waals surface area contributed by atoms with Gasteiger partial charge < -0.3 is 15.7 Å². The molecular formula is C11H20N4O2. The van der Waals surface area contributed by atoms with Gasteiger partial charge in [-0.2, -0.15) is 5.10 Å². The zero-order valence-corrected chi connectivity index (χ0v) is 10.6. The Morgan fingerprint density at radius 1 is 1.71 bits per heavy atom. The molecule has 1 aromatic heterocycles. The summed E-state index contributed by atoms with van der Waals surface area (Å²) in [5.74, 6) is -0.164. The number of rotatable bonds is 5. The van der Waals surface area contributed by atoms with Gasteiger partial charge >= 0.3 is 0 Å². The van der Waals surface area contributed by atoms with Crippen molar-refractivity contribution in [2.24, 2.45) is 0 Å². The molecule has 1 rings (SSSR count). The first-order valence-corrected chi connectivity index (χ1v) is 5.72. The van der Waals surface area contributed by atoms with Gasteiger partial charge in [0.05, 0.1) is 18.0 Å². The van der Waals surface area contributed by atoms with Crippen LogP contribution in [0.5, 0.6) is 0 Å². The molecule has 3 N–H and O–H groups in total. The molecule has 96 valence electrons. The first-order chi connectivity index (χ1) is 7.97. The van der Waals surface area contributed by atoms with E-state index in [1.165, 1.54) is 6.20 Å². The third kappa shape index (κ3) is 3.20. The van der Waals surface area contributed by atoms with E-state index in [1.54, 1.807) is 23.6 Å². The van der Waals surface area contributed by atoms with Crippen molar-refractivity contribution in [1.29, 1.82) is 0 Å². The maximum atomic E-state index is 12.1. The molecule has 6 heteroatoms. The molecule has 1 heterocycles. The zero-order valence-electron chi connectivity index (χ0n) is 10.6. The van der Waals surface area contributed by atoms with Crippen LogP contribution in [0.1, 0.15) is 30.8 Å². The van der Waals surface area contributed by atoms with Crippen LogP contribution in [0.4, 0.5) is 5.69 Å². The lowest BCUT2D eigenvalue weighted by Gasteiger charge is -2.18. The summed E-state index contributed by atoms with van der Waals surface area (Å²) in [6.07, 6.45) is 1.61. The third-order valence-electron chi connectivity index (χ3n) is 2.60. The van der Waals surface area contributed by atoms with Crippen LogP contribution in [0.25, 0.3) is 0 Å². The highest BCUT2D eigenvalue weighted by molar-refractivity contribution is 5.97. The number of nitrogens with two attached hydrogens (primary N) is 1. The molecule has 1 amide bonds. The van der Waals surface area contributed by atoms with Crippen LogP contribution in [0.3, 0.4) is 0 Å². The molecule has 0 aliphatic heterocycles. The molecule has 0 saturated carbocycles. The highest BCUT2D eigenvalue weighted by Gasteiger charge is 2.19. The van der Waals surface area contributed by atoms with Crippen LogP contribution in [-0.2, 0) is 6.54 Å². The lowest BCUT2D eigenvalue weighted by atomic mass is 10.2. The minimum atomic E-state index is -0.418. The van der Waals surface area contributed by atoms with Gasteiger partial charge in [0.1, 0.15) is 5.69 Å². The Labute approximate surface area is 101 Å². The number of nitrogens with zero attached hydrogens (tertiary/aromatic N) is 3. The topological polar surface area (TPSA) is 84.4 Å². The minimum Gasteiger partial charge on any atom is -0.396 e. The van der Waals surface area contributed by atoms with Crippen molar-refractivity contribution in [3.05, 3.63) is 11.9 Å². The van der Waals surface area contributed by atoms with Crippen molar-refractivity contribution in [3.63, 3.8) is 0 Å². The van der Waals surface area contributed by atoms with Crippen LogP contribution in [0.2, 0.25) is 0 Å². The third-order valence-corrected chi connectivity index (χ3v) is 2.60. The molecule has 0 fully saturated rings. The van der Waals surface area contributed by atoms with Crippen LogP contribution in [0, 0.1) is 0 Å². The van der Waals surface area contributed by atoms with Gasteiger partial charge in [0.2, 0.25) is 0 Å². The summed E-state index contributed by atoms with van der Waals surface area (Å²) in [7, 11) is 1.69. The Morgan fingerprint density at radius 3 is 2.88 bits per heavy atom. The summed E-state index contributed by atoms with van der Waals surface area (Å²) in [6, 6.07) is 0. The molecule has 1 atom stereocenters. The molecule has 17 heavy (non-hydrogen) atoms. The number of aryl methyl sites for hydroxylation is 1. The number of carbonyl (C=O) groups excluding carboxylic acids is 1. The number of anilines is 1. The fourth-order valence-corrected chi connectivity index (χ4v) is 1.54. The van der Waals surface area contributed by atoms with Crippen molar-refractivity contribution in [1.82, 2.24) is 14.7 Å². The Hall–Kier alpha value is -1.56. The van der Waals surface area contributed by atoms with E-state index in [2.05, 4.69) is 5.10 Å². The second kappa shape index (κ2) is 5.67. The second-order valence-electron chi connectivity index (χ2n) is 4.13. The standard InChI is InChI=1S/C11H20N4O2/c1-4-15-10(9(12)7-13-15)11(17)14(3)6-5-8(2)16/h7-8,16H,4-6,12H2,1-3H3. The monoisotopic (exact) mass is 240 g/mol. The Morgan fingerprint density at radius 2 is 2.35 bits per heavy atom. The van der Waals surface area contributed by atoms with E-state index in [9.17, 15) is 9.90 Å². The van der Waals surface area contributed by atoms with E-state index in [0.717, 1.165) is 0 Å². The van der Waals surface area contributed by atoms with Gasteiger partial charge in [-0.1, -0.05) is 0 Å². The van der Waals surface area contributed by atoms with Gasteiger partial charge in [-0.25, -0.2) is 0 Å². The van der Waals surface area contributed by atoms with Crippen molar-refractivity contribution >= 4 is 11.6 Å². The average Bonchev–Trinajstić information content (AvgIpc) is 2.66. The highest BCUT2D eigenvalue weighted by atomic mass is 16.3. The predicted molar refractivity (Wildman–Crippen MR) is 65.6 cm³/mol. The molecule has 0 bridgehead atoms. The fraction of sp³-hybridized carbons (Fsp3) is 0.636. The normalized spacial score (nSPS) is 12.5. The number of aromatic nitrogens is 2. The van der Waals surface area contributed by atoms with E-state index in [4.69, 9.17) is 5.73 Å². The number of amides is 1. The van der Waals surface area contributed by atoms with Crippen LogP contribution >= 0.6 is 0 Å². The molecule has 0 aliphatic carbocycles. The van der Waals surface area contributed by atoms with Gasteiger partial charge in [0.15, 0.2) is 0 Å². The van der Waals surface area contributed by atoms with Gasteiger partial charge in [-0.05, 0) is 20.3 Å². The average molecular weight is 240 g/mol. The highest BCUT2D eigenvalue weighted by Crippen LogP contribution is 2.13. The predicted octanol–water partition coefficient (Wildman–Crippen LogP) is 0.328. The molecule has 6 nitrogen and oxygen atoms in total. The molecular weight excluding hydrogens is 220 g/mol. The number of nitrogen functional groups attached to an aromatic ring is 1. The second-order valence-corrected chi connectivity index (χ2v) is 4.13. The molecule has 0 aliphatic rings. The number of hydrogen-bond donors (Lipinski definition) is 2. The van der Waals surface area contributed by atoms with E-state index >= 15 is 0 Å².